The van der Waals surface area contributed by atoms with Gasteiger partial charge in [0, 0.05) is 19.5 Å². The summed E-state index contributed by atoms with van der Waals surface area (Å²) in [5, 5.41) is 8.23. The number of aryl methyl sites for hydroxylation is 1. The average Bonchev–Trinajstić information content (AvgIpc) is 3.07. The molecule has 1 atom stereocenters. The fraction of sp³-hybridized carbons (Fsp3) is 0.360. The van der Waals surface area contributed by atoms with E-state index in [1.807, 2.05) is 18.2 Å². The smallest absolute Gasteiger partial charge is 0.254 e. The number of nitrogens with one attached hydrogen (secondary N) is 3. The third-order valence-electron chi connectivity index (χ3n) is 5.62. The van der Waals surface area contributed by atoms with E-state index in [-0.39, 0.29) is 18.2 Å². The maximum Gasteiger partial charge on any atom is 0.254 e. The molecule has 0 unspecified atom stereocenters. The van der Waals surface area contributed by atoms with Gasteiger partial charge in [0.2, 0.25) is 11.8 Å². The second kappa shape index (κ2) is 9.85. The summed E-state index contributed by atoms with van der Waals surface area (Å²) in [6, 6.07) is 14.0. The third kappa shape index (κ3) is 5.22. The fourth-order valence-corrected chi connectivity index (χ4v) is 4.07. The number of rotatable bonds is 8. The average molecular weight is 448 g/mol. The van der Waals surface area contributed by atoms with Crippen LogP contribution in [0.4, 0.5) is 5.69 Å². The van der Waals surface area contributed by atoms with Crippen molar-refractivity contribution in [3.8, 4) is 0 Å². The number of hydrogen-bond acceptors (Lipinski definition) is 4. The first-order chi connectivity index (χ1) is 15.9. The lowest BCUT2D eigenvalue weighted by Crippen LogP contribution is -2.44. The van der Waals surface area contributed by atoms with E-state index in [2.05, 4.69) is 40.4 Å². The molecule has 0 aliphatic carbocycles. The Hall–Kier alpha value is -3.68. The van der Waals surface area contributed by atoms with Crippen LogP contribution in [-0.4, -0.2) is 39.9 Å². The molecule has 0 fully saturated rings. The standard InChI is InChI=1S/C25H29N5O3/c1-16(2)15-30-21-11-6-5-10-19(21)27-22(30)12-7-13-26-23(31)14-20-25(33)28-18-9-4-3-8-17(18)24(32)29-20/h3-6,8-11,16,20H,7,12-15H2,1-2H3,(H,26,31)(H,28,33)(H,29,32)/t20-/m1/s1. The minimum absolute atomic E-state index is 0.114. The van der Waals surface area contributed by atoms with Crippen LogP contribution in [0.5, 0.6) is 0 Å². The monoisotopic (exact) mass is 447 g/mol. The Morgan fingerprint density at radius 2 is 1.88 bits per heavy atom. The zero-order chi connectivity index (χ0) is 23.4. The number of carbonyl (C=O) groups excluding carboxylic acids is 3. The number of hydrogen-bond donors (Lipinski definition) is 3. The van der Waals surface area contributed by atoms with Gasteiger partial charge in [-0.2, -0.15) is 0 Å². The van der Waals surface area contributed by atoms with Gasteiger partial charge in [-0.05, 0) is 36.6 Å². The van der Waals surface area contributed by atoms with Gasteiger partial charge in [0.15, 0.2) is 0 Å². The Balaban J connectivity index is 1.31. The van der Waals surface area contributed by atoms with E-state index in [1.54, 1.807) is 24.3 Å². The summed E-state index contributed by atoms with van der Waals surface area (Å²) in [6.45, 7) is 5.72. The van der Waals surface area contributed by atoms with Crippen molar-refractivity contribution in [2.45, 2.75) is 45.7 Å². The second-order valence-electron chi connectivity index (χ2n) is 8.74. The molecule has 0 bridgehead atoms. The number of nitrogens with zero attached hydrogens (tertiary/aromatic N) is 2. The first-order valence-electron chi connectivity index (χ1n) is 11.3. The molecule has 3 aromatic rings. The molecule has 0 spiro atoms. The van der Waals surface area contributed by atoms with E-state index in [0.717, 1.165) is 36.2 Å². The zero-order valence-electron chi connectivity index (χ0n) is 18.9. The van der Waals surface area contributed by atoms with Gasteiger partial charge in [-0.25, -0.2) is 4.98 Å². The number of amides is 3. The summed E-state index contributed by atoms with van der Waals surface area (Å²) in [4.78, 5) is 42.1. The van der Waals surface area contributed by atoms with Crippen LogP contribution in [0, 0.1) is 5.92 Å². The highest BCUT2D eigenvalue weighted by molar-refractivity contribution is 6.10. The predicted octanol–water partition coefficient (Wildman–Crippen LogP) is 2.88. The molecule has 1 aliphatic rings. The lowest BCUT2D eigenvalue weighted by Gasteiger charge is -2.14. The summed E-state index contributed by atoms with van der Waals surface area (Å²) in [5.41, 5.74) is 2.94. The summed E-state index contributed by atoms with van der Waals surface area (Å²) in [5.74, 6) is 0.453. The van der Waals surface area contributed by atoms with Gasteiger partial charge in [0.05, 0.1) is 28.7 Å². The molecule has 172 valence electrons. The molecule has 1 aliphatic heterocycles. The highest BCUT2D eigenvalue weighted by Gasteiger charge is 2.29. The Bertz CT molecular complexity index is 1180. The summed E-state index contributed by atoms with van der Waals surface area (Å²) in [7, 11) is 0. The number of fused-ring (bicyclic) bond motifs is 2. The SMILES string of the molecule is CC(C)Cn1c(CCCNC(=O)C[C@H]2NC(=O)c3ccccc3NC2=O)nc2ccccc21. The van der Waals surface area contributed by atoms with Gasteiger partial charge in [-0.15, -0.1) is 0 Å². The van der Waals surface area contributed by atoms with Crippen molar-refractivity contribution in [1.29, 1.82) is 0 Å². The van der Waals surface area contributed by atoms with Crippen LogP contribution < -0.4 is 16.0 Å². The van der Waals surface area contributed by atoms with E-state index in [1.165, 1.54) is 0 Å². The first-order valence-corrected chi connectivity index (χ1v) is 11.3. The molecule has 33 heavy (non-hydrogen) atoms. The second-order valence-corrected chi connectivity index (χ2v) is 8.74. The number of imidazole rings is 1. The fourth-order valence-electron chi connectivity index (χ4n) is 4.07. The van der Waals surface area contributed by atoms with E-state index < -0.39 is 11.9 Å². The number of para-hydroxylation sites is 3. The predicted molar refractivity (Wildman–Crippen MR) is 127 cm³/mol. The van der Waals surface area contributed by atoms with Crippen molar-refractivity contribution in [3.63, 3.8) is 0 Å². The van der Waals surface area contributed by atoms with Gasteiger partial charge in [-0.3, -0.25) is 14.4 Å². The molecule has 8 heteroatoms. The molecule has 0 saturated carbocycles. The van der Waals surface area contributed by atoms with Crippen molar-refractivity contribution in [2.24, 2.45) is 5.92 Å². The van der Waals surface area contributed by atoms with Gasteiger partial charge in [-0.1, -0.05) is 38.1 Å². The molecular formula is C25H29N5O3. The van der Waals surface area contributed by atoms with Crippen molar-refractivity contribution >= 4 is 34.4 Å². The summed E-state index contributed by atoms with van der Waals surface area (Å²) >= 11 is 0. The highest BCUT2D eigenvalue weighted by atomic mass is 16.2. The first kappa shape index (κ1) is 22.5. The van der Waals surface area contributed by atoms with Gasteiger partial charge >= 0.3 is 0 Å². The van der Waals surface area contributed by atoms with E-state index in [9.17, 15) is 14.4 Å². The molecule has 3 amide bonds. The number of benzene rings is 2. The molecule has 3 N–H and O–H groups in total. The van der Waals surface area contributed by atoms with Gasteiger partial charge < -0.3 is 20.5 Å². The molecule has 1 aromatic heterocycles. The Morgan fingerprint density at radius 1 is 1.12 bits per heavy atom. The maximum atomic E-state index is 12.5. The van der Waals surface area contributed by atoms with Crippen LogP contribution in [0.15, 0.2) is 48.5 Å². The van der Waals surface area contributed by atoms with Crippen LogP contribution in [0.25, 0.3) is 11.0 Å². The maximum absolute atomic E-state index is 12.5. The number of carbonyl (C=O) groups is 3. The third-order valence-corrected chi connectivity index (χ3v) is 5.62. The largest absolute Gasteiger partial charge is 0.356 e. The molecule has 8 nitrogen and oxygen atoms in total. The molecule has 4 rings (SSSR count). The topological polar surface area (TPSA) is 105 Å². The minimum atomic E-state index is -0.917. The number of anilines is 1. The van der Waals surface area contributed by atoms with Crippen LogP contribution in [0.2, 0.25) is 0 Å². The van der Waals surface area contributed by atoms with Crippen LogP contribution >= 0.6 is 0 Å². The summed E-state index contributed by atoms with van der Waals surface area (Å²) < 4.78 is 2.25. The van der Waals surface area contributed by atoms with E-state index in [0.29, 0.717) is 23.7 Å². The number of aromatic nitrogens is 2. The quantitative estimate of drug-likeness (QED) is 0.462. The lowest BCUT2D eigenvalue weighted by atomic mass is 10.1. The normalized spacial score (nSPS) is 15.7. The van der Waals surface area contributed by atoms with E-state index in [4.69, 9.17) is 4.98 Å². The molecule has 0 radical (unpaired) electrons. The van der Waals surface area contributed by atoms with Crippen molar-refractivity contribution < 1.29 is 14.4 Å². The molecule has 0 saturated heterocycles. The highest BCUT2D eigenvalue weighted by Crippen LogP contribution is 2.20. The Kier molecular flexibility index (Phi) is 6.72. The van der Waals surface area contributed by atoms with Gasteiger partial charge in [0.25, 0.3) is 5.91 Å². The lowest BCUT2D eigenvalue weighted by molar-refractivity contribution is -0.125. The van der Waals surface area contributed by atoms with Gasteiger partial charge in [0.1, 0.15) is 11.9 Å². The summed E-state index contributed by atoms with van der Waals surface area (Å²) in [6.07, 6.45) is 1.34. The molecular weight excluding hydrogens is 418 g/mol. The van der Waals surface area contributed by atoms with Crippen molar-refractivity contribution in [1.82, 2.24) is 20.2 Å². The Labute approximate surface area is 192 Å². The zero-order valence-corrected chi connectivity index (χ0v) is 18.9. The Morgan fingerprint density at radius 3 is 2.70 bits per heavy atom. The van der Waals surface area contributed by atoms with Crippen LogP contribution in [0.3, 0.4) is 0 Å². The van der Waals surface area contributed by atoms with Crippen LogP contribution in [-0.2, 0) is 22.6 Å². The van der Waals surface area contributed by atoms with Crippen molar-refractivity contribution in [2.75, 3.05) is 11.9 Å². The van der Waals surface area contributed by atoms with Crippen LogP contribution in [0.1, 0.15) is 42.9 Å². The minimum Gasteiger partial charge on any atom is -0.356 e. The van der Waals surface area contributed by atoms with E-state index >= 15 is 0 Å². The molecule has 2 aromatic carbocycles. The van der Waals surface area contributed by atoms with Crippen molar-refractivity contribution in [3.05, 3.63) is 59.9 Å². The molecule has 2 heterocycles.